The lowest BCUT2D eigenvalue weighted by atomic mass is 9.91. The molecule has 0 spiro atoms. The zero-order chi connectivity index (χ0) is 27.9. The molecule has 3 aromatic rings. The Morgan fingerprint density at radius 2 is 1.79 bits per heavy atom. The Kier molecular flexibility index (Phi) is 9.08. The van der Waals surface area contributed by atoms with Gasteiger partial charge in [0.15, 0.2) is 23.9 Å². The summed E-state index contributed by atoms with van der Waals surface area (Å²) in [6.07, 6.45) is 6.12. The van der Waals surface area contributed by atoms with Crippen LogP contribution in [0.5, 0.6) is 11.5 Å². The molecule has 204 valence electrons. The van der Waals surface area contributed by atoms with E-state index in [1.54, 1.807) is 12.1 Å². The molecule has 0 radical (unpaired) electrons. The lowest BCUT2D eigenvalue weighted by Crippen LogP contribution is -2.21. The number of amides is 1. The zero-order valence-electron chi connectivity index (χ0n) is 21.4. The van der Waals surface area contributed by atoms with Gasteiger partial charge in [-0.1, -0.05) is 35.9 Å². The fraction of sp³-hybridized carbons (Fsp3) is 0.276. The number of ether oxygens (including phenoxy) is 3. The molecule has 1 N–H and O–H groups in total. The van der Waals surface area contributed by atoms with Gasteiger partial charge in [0.2, 0.25) is 0 Å². The monoisotopic (exact) mass is 555 g/mol. The smallest absolute Gasteiger partial charge is 0.387 e. The summed E-state index contributed by atoms with van der Waals surface area (Å²) in [5.41, 5.74) is 3.54. The van der Waals surface area contributed by atoms with Crippen molar-refractivity contribution in [3.05, 3.63) is 81.2 Å². The molecule has 2 aromatic carbocycles. The average Bonchev–Trinajstić information content (AvgIpc) is 3.28. The van der Waals surface area contributed by atoms with Gasteiger partial charge in [0, 0.05) is 16.5 Å². The second kappa shape index (κ2) is 12.7. The highest BCUT2D eigenvalue weighted by Crippen LogP contribution is 2.39. The van der Waals surface area contributed by atoms with E-state index >= 15 is 0 Å². The Morgan fingerprint density at radius 1 is 1.05 bits per heavy atom. The fourth-order valence-corrected chi connectivity index (χ4v) is 5.54. The largest absolute Gasteiger partial charge is 0.493 e. The number of anilines is 1. The lowest BCUT2D eigenvalue weighted by molar-refractivity contribution is -0.142. The molecule has 7 nitrogen and oxygen atoms in total. The van der Waals surface area contributed by atoms with E-state index < -0.39 is 25.1 Å². The van der Waals surface area contributed by atoms with Gasteiger partial charge in [-0.25, -0.2) is 4.79 Å². The Hall–Kier alpha value is -4.05. The van der Waals surface area contributed by atoms with E-state index in [0.717, 1.165) is 47.8 Å². The number of halogens is 2. The summed E-state index contributed by atoms with van der Waals surface area (Å²) < 4.78 is 39.4. The maximum Gasteiger partial charge on any atom is 0.387 e. The average molecular weight is 556 g/mol. The number of ketones is 1. The third-order valence-corrected chi connectivity index (χ3v) is 7.33. The number of carbonyl (C=O) groups excluding carboxylic acids is 3. The molecule has 1 aliphatic carbocycles. The highest BCUT2D eigenvalue weighted by atomic mass is 32.1. The summed E-state index contributed by atoms with van der Waals surface area (Å²) in [5, 5.41) is 3.22. The quantitative estimate of drug-likeness (QED) is 0.188. The molecule has 39 heavy (non-hydrogen) atoms. The number of alkyl halides is 2. The van der Waals surface area contributed by atoms with Crippen LogP contribution in [0.1, 0.15) is 50.3 Å². The van der Waals surface area contributed by atoms with Crippen LogP contribution in [0.2, 0.25) is 0 Å². The van der Waals surface area contributed by atoms with Crippen LogP contribution in [-0.2, 0) is 27.2 Å². The summed E-state index contributed by atoms with van der Waals surface area (Å²) in [4.78, 5) is 39.3. The number of esters is 1. The van der Waals surface area contributed by atoms with Gasteiger partial charge >= 0.3 is 12.6 Å². The third-order valence-electron chi connectivity index (χ3n) is 6.13. The van der Waals surface area contributed by atoms with Crippen LogP contribution in [0.4, 0.5) is 13.8 Å². The lowest BCUT2D eigenvalue weighted by Gasteiger charge is -2.13. The highest BCUT2D eigenvalue weighted by Gasteiger charge is 2.27. The number of methoxy groups -OCH3 is 1. The van der Waals surface area contributed by atoms with Crippen molar-refractivity contribution in [2.45, 2.75) is 39.2 Å². The predicted molar refractivity (Wildman–Crippen MR) is 144 cm³/mol. The first-order valence-electron chi connectivity index (χ1n) is 12.3. The van der Waals surface area contributed by atoms with Crippen LogP contribution in [0.3, 0.4) is 0 Å². The van der Waals surface area contributed by atoms with E-state index in [9.17, 15) is 23.2 Å². The van der Waals surface area contributed by atoms with Gasteiger partial charge in [-0.3, -0.25) is 9.59 Å². The molecule has 4 rings (SSSR count). The number of fused-ring (bicyclic) bond motifs is 1. The van der Waals surface area contributed by atoms with Crippen LogP contribution >= 0.6 is 11.3 Å². The highest BCUT2D eigenvalue weighted by molar-refractivity contribution is 7.17. The second-order valence-electron chi connectivity index (χ2n) is 8.89. The van der Waals surface area contributed by atoms with Gasteiger partial charge in [0.25, 0.3) is 5.91 Å². The number of thiophene rings is 1. The normalized spacial score (nSPS) is 12.7. The minimum absolute atomic E-state index is 0.0693. The van der Waals surface area contributed by atoms with E-state index in [0.29, 0.717) is 21.7 Å². The number of nitrogens with one attached hydrogen (secondary N) is 1. The molecule has 0 aliphatic heterocycles. The molecule has 10 heteroatoms. The predicted octanol–water partition coefficient (Wildman–Crippen LogP) is 5.97. The van der Waals surface area contributed by atoms with Crippen molar-refractivity contribution in [1.29, 1.82) is 0 Å². The van der Waals surface area contributed by atoms with Crippen molar-refractivity contribution < 1.29 is 37.4 Å². The number of rotatable bonds is 10. The maximum absolute atomic E-state index is 13.4. The van der Waals surface area contributed by atoms with Gasteiger partial charge < -0.3 is 19.5 Å². The molecule has 0 saturated carbocycles. The Balaban J connectivity index is 1.40. The molecular formula is C29H27F2NO6S. The van der Waals surface area contributed by atoms with Gasteiger partial charge in [0.1, 0.15) is 5.00 Å². The first-order valence-corrected chi connectivity index (χ1v) is 13.1. The second-order valence-corrected chi connectivity index (χ2v) is 9.99. The summed E-state index contributed by atoms with van der Waals surface area (Å²) in [5.74, 6) is -1.56. The molecular weight excluding hydrogens is 528 g/mol. The van der Waals surface area contributed by atoms with Crippen LogP contribution in [-0.4, -0.2) is 38.0 Å². The van der Waals surface area contributed by atoms with Crippen molar-refractivity contribution in [2.24, 2.45) is 0 Å². The van der Waals surface area contributed by atoms with Crippen LogP contribution in [0, 0.1) is 6.92 Å². The molecule has 1 heterocycles. The van der Waals surface area contributed by atoms with Crippen LogP contribution in [0.15, 0.2) is 48.5 Å². The van der Waals surface area contributed by atoms with Crippen LogP contribution in [0.25, 0.3) is 6.08 Å². The topological polar surface area (TPSA) is 90.9 Å². The minimum Gasteiger partial charge on any atom is -0.493 e. The third kappa shape index (κ3) is 7.08. The molecule has 0 saturated heterocycles. The van der Waals surface area contributed by atoms with Crippen molar-refractivity contribution in [3.8, 4) is 11.5 Å². The molecule has 1 aliphatic rings. The van der Waals surface area contributed by atoms with E-state index in [-0.39, 0.29) is 17.3 Å². The molecule has 0 unspecified atom stereocenters. The Bertz CT molecular complexity index is 1400. The van der Waals surface area contributed by atoms with Crippen molar-refractivity contribution in [1.82, 2.24) is 0 Å². The summed E-state index contributed by atoms with van der Waals surface area (Å²) in [7, 11) is 1.30. The van der Waals surface area contributed by atoms with Gasteiger partial charge in [-0.05, 0) is 61.9 Å². The van der Waals surface area contributed by atoms with E-state index in [2.05, 4.69) is 10.1 Å². The number of hydrogen-bond acceptors (Lipinski definition) is 7. The van der Waals surface area contributed by atoms with Gasteiger partial charge in [-0.15, -0.1) is 11.3 Å². The van der Waals surface area contributed by atoms with Crippen molar-refractivity contribution in [2.75, 3.05) is 19.0 Å². The Labute approximate surface area is 228 Å². The SMILES string of the molecule is COc1cc(C=CC(=O)OCC(=O)Nc2sc3c(c2C(=O)c2ccc(C)cc2)CCCC3)ccc1OC(F)F. The van der Waals surface area contributed by atoms with E-state index in [1.807, 2.05) is 19.1 Å². The summed E-state index contributed by atoms with van der Waals surface area (Å²) >= 11 is 1.39. The number of aryl methyl sites for hydroxylation is 2. The summed E-state index contributed by atoms with van der Waals surface area (Å²) in [6.45, 7) is -1.60. The molecule has 0 atom stereocenters. The van der Waals surface area contributed by atoms with Crippen molar-refractivity contribution in [3.63, 3.8) is 0 Å². The van der Waals surface area contributed by atoms with Crippen LogP contribution < -0.4 is 14.8 Å². The zero-order valence-corrected chi connectivity index (χ0v) is 22.2. The Morgan fingerprint density at radius 3 is 2.51 bits per heavy atom. The standard InChI is InChI=1S/C29H27F2NO6S/c1-17-7-11-19(12-8-17)27(35)26-20-5-3-4-6-23(20)39-28(26)32-24(33)16-37-25(34)14-10-18-9-13-21(38-29(30)31)22(15-18)36-2/h7-15,29H,3-6,16H2,1-2H3,(H,32,33). The molecule has 0 bridgehead atoms. The first kappa shape index (κ1) is 28.0. The molecule has 0 fully saturated rings. The number of carbonyl (C=O) groups is 3. The molecule has 1 aromatic heterocycles. The van der Waals surface area contributed by atoms with Crippen molar-refractivity contribution >= 4 is 40.1 Å². The number of hydrogen-bond donors (Lipinski definition) is 1. The van der Waals surface area contributed by atoms with Gasteiger partial charge in [-0.2, -0.15) is 8.78 Å². The number of benzene rings is 2. The summed E-state index contributed by atoms with van der Waals surface area (Å²) in [6, 6.07) is 11.5. The minimum atomic E-state index is -3.00. The fourth-order valence-electron chi connectivity index (χ4n) is 4.24. The van der Waals surface area contributed by atoms with E-state index in [1.165, 1.54) is 42.7 Å². The first-order chi connectivity index (χ1) is 18.7. The van der Waals surface area contributed by atoms with E-state index in [4.69, 9.17) is 9.47 Å². The molecule has 1 amide bonds. The maximum atomic E-state index is 13.4. The van der Waals surface area contributed by atoms with Gasteiger partial charge in [0.05, 0.1) is 12.7 Å².